The number of nitrogens with two attached hydrogens (primary N) is 1. The average molecular weight is 209 g/mol. The van der Waals surface area contributed by atoms with Crippen molar-refractivity contribution in [3.63, 3.8) is 0 Å². The smallest absolute Gasteiger partial charge is 0.124 e. The highest BCUT2D eigenvalue weighted by atomic mass is 16.5. The lowest BCUT2D eigenvalue weighted by atomic mass is 10.1. The molecule has 0 amide bonds. The molecule has 0 aliphatic rings. The van der Waals surface area contributed by atoms with Crippen molar-refractivity contribution >= 4 is 0 Å². The molecule has 15 heavy (non-hydrogen) atoms. The Morgan fingerprint density at radius 3 is 2.67 bits per heavy atom. The molecule has 0 heterocycles. The number of aliphatic hydroxyl groups excluding tert-OH is 1. The molecule has 3 N–H and O–H groups in total. The number of hydrogen-bond donors (Lipinski definition) is 2. The van der Waals surface area contributed by atoms with Gasteiger partial charge >= 0.3 is 0 Å². The Bertz CT molecular complexity index is 299. The third-order valence-electron chi connectivity index (χ3n) is 2.31. The molecule has 3 nitrogen and oxygen atoms in total. The predicted octanol–water partition coefficient (Wildman–Crippen LogP) is 1.86. The van der Waals surface area contributed by atoms with Crippen LogP contribution in [-0.2, 0) is 0 Å². The van der Waals surface area contributed by atoms with E-state index in [9.17, 15) is 5.11 Å². The van der Waals surface area contributed by atoms with E-state index in [4.69, 9.17) is 10.5 Å². The van der Waals surface area contributed by atoms with Crippen LogP contribution in [-0.4, -0.2) is 17.8 Å². The van der Waals surface area contributed by atoms with Crippen LogP contribution in [0.15, 0.2) is 24.3 Å². The fraction of sp³-hybridized carbons (Fsp3) is 0.500. The second kappa shape index (κ2) is 5.73. The molecule has 84 valence electrons. The second-order valence-electron chi connectivity index (χ2n) is 3.70. The lowest BCUT2D eigenvalue weighted by Gasteiger charge is -2.15. The Balaban J connectivity index is 2.67. The van der Waals surface area contributed by atoms with Gasteiger partial charge in [-0.3, -0.25) is 0 Å². The van der Waals surface area contributed by atoms with Gasteiger partial charge in [-0.15, -0.1) is 0 Å². The summed E-state index contributed by atoms with van der Waals surface area (Å²) in [5, 5.41) is 9.39. The van der Waals surface area contributed by atoms with E-state index in [-0.39, 0.29) is 6.04 Å². The predicted molar refractivity (Wildman–Crippen MR) is 60.8 cm³/mol. The second-order valence-corrected chi connectivity index (χ2v) is 3.70. The molecule has 0 bridgehead atoms. The third kappa shape index (κ3) is 3.53. The van der Waals surface area contributed by atoms with Gasteiger partial charge in [0.05, 0.1) is 6.10 Å². The molecule has 2 atom stereocenters. The molecule has 2 unspecified atom stereocenters. The van der Waals surface area contributed by atoms with Crippen LogP contribution in [0.5, 0.6) is 5.75 Å². The average Bonchev–Trinajstić information content (AvgIpc) is 2.26. The maximum Gasteiger partial charge on any atom is 0.124 e. The molecule has 0 radical (unpaired) electrons. The fourth-order valence-corrected chi connectivity index (χ4v) is 1.29. The van der Waals surface area contributed by atoms with Crippen LogP contribution in [0.3, 0.4) is 0 Å². The Morgan fingerprint density at radius 1 is 1.40 bits per heavy atom. The van der Waals surface area contributed by atoms with Crippen LogP contribution in [0, 0.1) is 0 Å². The molecule has 1 aromatic rings. The minimum absolute atomic E-state index is 0.0556. The van der Waals surface area contributed by atoms with Gasteiger partial charge in [0.2, 0.25) is 0 Å². The standard InChI is InChI=1S/C12H19NO2/c1-3-10(14)8-15-12-7-5-4-6-11(12)9(2)13/h4-7,9-10,14H,3,8,13H2,1-2H3. The molecule has 1 aromatic carbocycles. The van der Waals surface area contributed by atoms with Gasteiger partial charge in [0.15, 0.2) is 0 Å². The van der Waals surface area contributed by atoms with Crippen molar-refractivity contribution in [2.24, 2.45) is 5.73 Å². The summed E-state index contributed by atoms with van der Waals surface area (Å²) in [6, 6.07) is 7.60. The monoisotopic (exact) mass is 209 g/mol. The number of hydrogen-bond acceptors (Lipinski definition) is 3. The molecule has 0 aliphatic heterocycles. The van der Waals surface area contributed by atoms with Gasteiger partial charge in [-0.2, -0.15) is 0 Å². The number of rotatable bonds is 5. The van der Waals surface area contributed by atoms with Crippen molar-refractivity contribution in [1.82, 2.24) is 0 Å². The Kier molecular flexibility index (Phi) is 4.59. The number of ether oxygens (including phenoxy) is 1. The van der Waals surface area contributed by atoms with Gasteiger partial charge in [-0.25, -0.2) is 0 Å². The molecular weight excluding hydrogens is 190 g/mol. The number of aliphatic hydroxyl groups is 1. The van der Waals surface area contributed by atoms with Crippen molar-refractivity contribution in [1.29, 1.82) is 0 Å². The Hall–Kier alpha value is -1.06. The topological polar surface area (TPSA) is 55.5 Å². The summed E-state index contributed by atoms with van der Waals surface area (Å²) in [4.78, 5) is 0. The first kappa shape index (κ1) is 12.0. The van der Waals surface area contributed by atoms with Crippen LogP contribution in [0.2, 0.25) is 0 Å². The van der Waals surface area contributed by atoms with Crippen molar-refractivity contribution in [2.75, 3.05) is 6.61 Å². The number of benzene rings is 1. The summed E-state index contributed by atoms with van der Waals surface area (Å²) in [6.45, 7) is 4.16. The minimum atomic E-state index is -0.411. The summed E-state index contributed by atoms with van der Waals surface area (Å²) in [5.41, 5.74) is 6.78. The van der Waals surface area contributed by atoms with Crippen molar-refractivity contribution in [3.8, 4) is 5.75 Å². The van der Waals surface area contributed by atoms with E-state index in [1.165, 1.54) is 0 Å². The summed E-state index contributed by atoms with van der Waals surface area (Å²) in [6.07, 6.45) is 0.284. The quantitative estimate of drug-likeness (QED) is 0.778. The minimum Gasteiger partial charge on any atom is -0.491 e. The first-order valence-corrected chi connectivity index (χ1v) is 5.30. The van der Waals surface area contributed by atoms with Gasteiger partial charge in [0.25, 0.3) is 0 Å². The molecule has 0 aromatic heterocycles. The van der Waals surface area contributed by atoms with E-state index in [2.05, 4.69) is 0 Å². The molecule has 0 saturated carbocycles. The summed E-state index contributed by atoms with van der Waals surface area (Å²) in [5.74, 6) is 0.764. The maximum atomic E-state index is 9.39. The number of para-hydroxylation sites is 1. The van der Waals surface area contributed by atoms with Crippen molar-refractivity contribution in [2.45, 2.75) is 32.4 Å². The van der Waals surface area contributed by atoms with Crippen LogP contribution in [0.25, 0.3) is 0 Å². The largest absolute Gasteiger partial charge is 0.491 e. The zero-order chi connectivity index (χ0) is 11.3. The first-order chi connectivity index (χ1) is 7.15. The van der Waals surface area contributed by atoms with Gasteiger partial charge in [-0.1, -0.05) is 25.1 Å². The van der Waals surface area contributed by atoms with E-state index in [0.717, 1.165) is 11.3 Å². The molecular formula is C12H19NO2. The Labute approximate surface area is 90.9 Å². The molecule has 1 rings (SSSR count). The van der Waals surface area contributed by atoms with E-state index in [1.54, 1.807) is 0 Å². The lowest BCUT2D eigenvalue weighted by Crippen LogP contribution is -2.17. The lowest BCUT2D eigenvalue weighted by molar-refractivity contribution is 0.103. The summed E-state index contributed by atoms with van der Waals surface area (Å²) >= 11 is 0. The normalized spacial score (nSPS) is 14.7. The zero-order valence-electron chi connectivity index (χ0n) is 9.31. The molecule has 3 heteroatoms. The van der Waals surface area contributed by atoms with E-state index in [0.29, 0.717) is 13.0 Å². The van der Waals surface area contributed by atoms with Gasteiger partial charge in [0, 0.05) is 11.6 Å². The van der Waals surface area contributed by atoms with Gasteiger partial charge in [0.1, 0.15) is 12.4 Å². The molecule has 0 aliphatic carbocycles. The summed E-state index contributed by atoms with van der Waals surface area (Å²) in [7, 11) is 0. The van der Waals surface area contributed by atoms with Crippen LogP contribution >= 0.6 is 0 Å². The SMILES string of the molecule is CCC(O)COc1ccccc1C(C)N. The van der Waals surface area contributed by atoms with Gasteiger partial charge < -0.3 is 15.6 Å². The van der Waals surface area contributed by atoms with E-state index >= 15 is 0 Å². The highest BCUT2D eigenvalue weighted by Gasteiger charge is 2.08. The fourth-order valence-electron chi connectivity index (χ4n) is 1.29. The third-order valence-corrected chi connectivity index (χ3v) is 2.31. The first-order valence-electron chi connectivity index (χ1n) is 5.30. The molecule has 0 saturated heterocycles. The summed E-state index contributed by atoms with van der Waals surface area (Å²) < 4.78 is 5.52. The van der Waals surface area contributed by atoms with Gasteiger partial charge in [-0.05, 0) is 19.4 Å². The van der Waals surface area contributed by atoms with E-state index < -0.39 is 6.10 Å². The van der Waals surface area contributed by atoms with E-state index in [1.807, 2.05) is 38.1 Å². The highest BCUT2D eigenvalue weighted by Crippen LogP contribution is 2.23. The highest BCUT2D eigenvalue weighted by molar-refractivity contribution is 5.35. The van der Waals surface area contributed by atoms with Crippen LogP contribution in [0.1, 0.15) is 31.9 Å². The van der Waals surface area contributed by atoms with Crippen molar-refractivity contribution in [3.05, 3.63) is 29.8 Å². The molecule has 0 fully saturated rings. The Morgan fingerprint density at radius 2 is 2.07 bits per heavy atom. The maximum absolute atomic E-state index is 9.39. The van der Waals surface area contributed by atoms with Crippen molar-refractivity contribution < 1.29 is 9.84 Å². The molecule has 0 spiro atoms. The van der Waals surface area contributed by atoms with Crippen LogP contribution in [0.4, 0.5) is 0 Å². The van der Waals surface area contributed by atoms with Crippen LogP contribution < -0.4 is 10.5 Å². The zero-order valence-corrected chi connectivity index (χ0v) is 9.31.